The summed E-state index contributed by atoms with van der Waals surface area (Å²) in [5.74, 6) is -3.45. The average Bonchev–Trinajstić information content (AvgIpc) is 2.86. The van der Waals surface area contributed by atoms with Crippen LogP contribution in [0.2, 0.25) is 0 Å². The quantitative estimate of drug-likeness (QED) is 0.696. The van der Waals surface area contributed by atoms with Gasteiger partial charge < -0.3 is 5.11 Å². The molecule has 7 nitrogen and oxygen atoms in total. The minimum Gasteiger partial charge on any atom is -0.480 e. The van der Waals surface area contributed by atoms with Crippen molar-refractivity contribution in [3.05, 3.63) is 0 Å². The van der Waals surface area contributed by atoms with Gasteiger partial charge in [-0.05, 0) is 19.3 Å². The van der Waals surface area contributed by atoms with Crippen molar-refractivity contribution >= 4 is 27.6 Å². The van der Waals surface area contributed by atoms with Gasteiger partial charge in [0.2, 0.25) is 11.8 Å². The maximum Gasteiger partial charge on any atom is 0.326 e. The van der Waals surface area contributed by atoms with Crippen LogP contribution in [0.1, 0.15) is 25.7 Å². The van der Waals surface area contributed by atoms with Gasteiger partial charge in [-0.25, -0.2) is 13.2 Å². The van der Waals surface area contributed by atoms with Crippen LogP contribution < -0.4 is 0 Å². The zero-order valence-corrected chi connectivity index (χ0v) is 11.9. The summed E-state index contributed by atoms with van der Waals surface area (Å²) in [5.41, 5.74) is 0. The summed E-state index contributed by atoms with van der Waals surface area (Å²) < 4.78 is 22.3. The second kappa shape index (κ2) is 5.16. The number of aliphatic carboxylic acids is 1. The van der Waals surface area contributed by atoms with E-state index < -0.39 is 45.5 Å². The number of fused-ring (bicyclic) bond motifs is 1. The highest BCUT2D eigenvalue weighted by Crippen LogP contribution is 2.40. The second-order valence-corrected chi connectivity index (χ2v) is 7.72. The summed E-state index contributed by atoms with van der Waals surface area (Å²) >= 11 is 0. The molecule has 0 aromatic rings. The molecule has 20 heavy (non-hydrogen) atoms. The monoisotopic (exact) mass is 303 g/mol. The van der Waals surface area contributed by atoms with Gasteiger partial charge in [0.1, 0.15) is 15.9 Å². The highest BCUT2D eigenvalue weighted by Gasteiger charge is 2.53. The minimum atomic E-state index is -3.35. The van der Waals surface area contributed by atoms with E-state index in [1.807, 2.05) is 0 Å². The largest absolute Gasteiger partial charge is 0.480 e. The van der Waals surface area contributed by atoms with Gasteiger partial charge >= 0.3 is 5.97 Å². The highest BCUT2D eigenvalue weighted by molar-refractivity contribution is 7.90. The number of imide groups is 1. The molecule has 8 heteroatoms. The predicted octanol–water partition coefficient (Wildman–Crippen LogP) is -0.341. The predicted molar refractivity (Wildman–Crippen MR) is 68.4 cm³/mol. The maximum absolute atomic E-state index is 12.2. The molecule has 0 aromatic carbocycles. The van der Waals surface area contributed by atoms with Gasteiger partial charge in [0, 0.05) is 6.26 Å². The van der Waals surface area contributed by atoms with E-state index in [-0.39, 0.29) is 12.2 Å². The van der Waals surface area contributed by atoms with E-state index in [1.54, 1.807) is 0 Å². The molecule has 0 aromatic heterocycles. The summed E-state index contributed by atoms with van der Waals surface area (Å²) in [6.07, 6.45) is 2.73. The first kappa shape index (κ1) is 15.0. The lowest BCUT2D eigenvalue weighted by molar-refractivity contribution is -0.155. The van der Waals surface area contributed by atoms with Gasteiger partial charge in [0.05, 0.1) is 17.6 Å². The SMILES string of the molecule is CS(=O)(=O)CCC(C(=O)O)N1C(=O)C2CCCC2C1=O. The molecule has 1 heterocycles. The zero-order valence-electron chi connectivity index (χ0n) is 11.1. The first-order valence-electron chi connectivity index (χ1n) is 6.50. The first-order chi connectivity index (χ1) is 9.22. The molecule has 1 N–H and O–H groups in total. The average molecular weight is 303 g/mol. The number of carboxylic acid groups (broad SMARTS) is 1. The fourth-order valence-corrected chi connectivity index (χ4v) is 3.66. The van der Waals surface area contributed by atoms with Gasteiger partial charge in [0.25, 0.3) is 0 Å². The Morgan fingerprint density at radius 1 is 1.30 bits per heavy atom. The van der Waals surface area contributed by atoms with Gasteiger partial charge in [-0.15, -0.1) is 0 Å². The lowest BCUT2D eigenvalue weighted by Gasteiger charge is -2.23. The molecule has 2 aliphatic rings. The summed E-state index contributed by atoms with van der Waals surface area (Å²) in [4.78, 5) is 36.4. The Balaban J connectivity index is 2.20. The fraction of sp³-hybridized carbons (Fsp3) is 0.750. The van der Waals surface area contributed by atoms with Gasteiger partial charge in [-0.1, -0.05) is 6.42 Å². The number of hydrogen-bond donors (Lipinski definition) is 1. The molecule has 1 aliphatic carbocycles. The van der Waals surface area contributed by atoms with Gasteiger partial charge in [-0.2, -0.15) is 0 Å². The Kier molecular flexibility index (Phi) is 3.86. The van der Waals surface area contributed by atoms with Crippen LogP contribution in [0.3, 0.4) is 0 Å². The van der Waals surface area contributed by atoms with Crippen LogP contribution in [-0.4, -0.2) is 54.3 Å². The zero-order chi connectivity index (χ0) is 15.1. The van der Waals surface area contributed by atoms with Crippen LogP contribution in [0.5, 0.6) is 0 Å². The molecule has 2 fully saturated rings. The number of amides is 2. The van der Waals surface area contributed by atoms with Crippen LogP contribution in [-0.2, 0) is 24.2 Å². The Bertz CT molecular complexity index is 532. The van der Waals surface area contributed by atoms with Gasteiger partial charge in [-0.3, -0.25) is 14.5 Å². The minimum absolute atomic E-state index is 0.259. The fourth-order valence-electron chi connectivity index (χ4n) is 3.01. The number of likely N-dealkylation sites (tertiary alicyclic amines) is 1. The molecular formula is C12H17NO6S. The molecule has 0 spiro atoms. The Morgan fingerprint density at radius 3 is 2.20 bits per heavy atom. The molecule has 1 saturated heterocycles. The van der Waals surface area contributed by atoms with Gasteiger partial charge in [0.15, 0.2) is 0 Å². The molecule has 1 aliphatic heterocycles. The van der Waals surface area contributed by atoms with Crippen LogP contribution in [0.25, 0.3) is 0 Å². The number of carboxylic acids is 1. The number of hydrogen-bond acceptors (Lipinski definition) is 5. The number of nitrogens with zero attached hydrogens (tertiary/aromatic N) is 1. The standard InChI is InChI=1S/C12H17NO6S/c1-20(18,19)6-5-9(12(16)17)13-10(14)7-3-2-4-8(7)11(13)15/h7-9H,2-6H2,1H3,(H,16,17). The van der Waals surface area contributed by atoms with Crippen molar-refractivity contribution in [2.75, 3.05) is 12.0 Å². The van der Waals surface area contributed by atoms with Crippen molar-refractivity contribution in [2.45, 2.75) is 31.7 Å². The highest BCUT2D eigenvalue weighted by atomic mass is 32.2. The van der Waals surface area contributed by atoms with E-state index in [1.165, 1.54) is 0 Å². The lowest BCUT2D eigenvalue weighted by atomic mass is 10.00. The van der Waals surface area contributed by atoms with Crippen LogP contribution in [0.4, 0.5) is 0 Å². The Morgan fingerprint density at radius 2 is 1.80 bits per heavy atom. The third-order valence-electron chi connectivity index (χ3n) is 3.98. The number of carbonyl (C=O) groups is 3. The van der Waals surface area contributed by atoms with Crippen molar-refractivity contribution < 1.29 is 27.9 Å². The normalized spacial score (nSPS) is 27.8. The lowest BCUT2D eigenvalue weighted by Crippen LogP contribution is -2.46. The van der Waals surface area contributed by atoms with Crippen molar-refractivity contribution in [3.8, 4) is 0 Å². The summed E-state index contributed by atoms with van der Waals surface area (Å²) in [7, 11) is -3.35. The first-order valence-corrected chi connectivity index (χ1v) is 8.56. The number of sulfone groups is 1. The van der Waals surface area contributed by atoms with E-state index >= 15 is 0 Å². The molecular weight excluding hydrogens is 286 g/mol. The molecule has 2 amide bonds. The van der Waals surface area contributed by atoms with Crippen LogP contribution >= 0.6 is 0 Å². The van der Waals surface area contributed by atoms with Crippen molar-refractivity contribution in [3.63, 3.8) is 0 Å². The van der Waals surface area contributed by atoms with E-state index in [9.17, 15) is 27.9 Å². The number of rotatable bonds is 5. The third kappa shape index (κ3) is 2.70. The number of carbonyl (C=O) groups excluding carboxylic acids is 2. The molecule has 0 bridgehead atoms. The smallest absolute Gasteiger partial charge is 0.326 e. The van der Waals surface area contributed by atoms with E-state index in [4.69, 9.17) is 0 Å². The molecule has 112 valence electrons. The molecule has 3 unspecified atom stereocenters. The second-order valence-electron chi connectivity index (χ2n) is 5.46. The van der Waals surface area contributed by atoms with E-state index in [2.05, 4.69) is 0 Å². The van der Waals surface area contributed by atoms with Crippen molar-refractivity contribution in [2.24, 2.45) is 11.8 Å². The summed E-state index contributed by atoms with van der Waals surface area (Å²) in [5, 5.41) is 9.19. The third-order valence-corrected chi connectivity index (χ3v) is 4.96. The summed E-state index contributed by atoms with van der Waals surface area (Å²) in [6.45, 7) is 0. The van der Waals surface area contributed by atoms with E-state index in [0.29, 0.717) is 12.8 Å². The summed E-state index contributed by atoms with van der Waals surface area (Å²) in [6, 6.07) is -1.38. The topological polar surface area (TPSA) is 109 Å². The van der Waals surface area contributed by atoms with Crippen LogP contribution in [0, 0.1) is 11.8 Å². The maximum atomic E-state index is 12.2. The van der Waals surface area contributed by atoms with E-state index in [0.717, 1.165) is 17.6 Å². The van der Waals surface area contributed by atoms with Crippen LogP contribution in [0.15, 0.2) is 0 Å². The Labute approximate surface area is 116 Å². The molecule has 1 saturated carbocycles. The van der Waals surface area contributed by atoms with Crippen molar-refractivity contribution in [1.82, 2.24) is 4.90 Å². The molecule has 0 radical (unpaired) electrons. The molecule has 2 rings (SSSR count). The van der Waals surface area contributed by atoms with Crippen molar-refractivity contribution in [1.29, 1.82) is 0 Å². The Hall–Kier alpha value is -1.44. The molecule has 3 atom stereocenters.